The summed E-state index contributed by atoms with van der Waals surface area (Å²) in [7, 11) is 0. The van der Waals surface area contributed by atoms with Gasteiger partial charge in [0, 0.05) is 19.2 Å². The number of hydrogen-bond acceptors (Lipinski definition) is 7. The molecule has 0 atom stereocenters. The Labute approximate surface area is 150 Å². The molecular weight excluding hydrogens is 330 g/mol. The number of nitrogens with two attached hydrogens (primary N) is 1. The van der Waals surface area contributed by atoms with E-state index in [2.05, 4.69) is 20.0 Å². The van der Waals surface area contributed by atoms with Crippen LogP contribution in [0.15, 0.2) is 53.9 Å². The summed E-state index contributed by atoms with van der Waals surface area (Å²) < 4.78 is 5.39. The minimum Gasteiger partial charge on any atom is -0.507 e. The van der Waals surface area contributed by atoms with Gasteiger partial charge in [0.05, 0.1) is 24.5 Å². The number of hydrazone groups is 1. The molecule has 1 aromatic heterocycles. The molecule has 132 valence electrons. The molecule has 0 unspecified atom stereocenters. The Hall–Kier alpha value is -3.19. The first-order valence-corrected chi connectivity index (χ1v) is 8.42. The normalized spacial score (nSPS) is 15.4. The van der Waals surface area contributed by atoms with Gasteiger partial charge < -0.3 is 20.6 Å². The lowest BCUT2D eigenvalue weighted by atomic mass is 9.98. The zero-order valence-corrected chi connectivity index (χ0v) is 14.2. The van der Waals surface area contributed by atoms with Crippen LogP contribution in [0.3, 0.4) is 0 Å². The van der Waals surface area contributed by atoms with Crippen LogP contribution in [0, 0.1) is 0 Å². The van der Waals surface area contributed by atoms with Crippen molar-refractivity contribution in [2.75, 3.05) is 31.2 Å². The third kappa shape index (κ3) is 2.93. The van der Waals surface area contributed by atoms with Crippen LogP contribution in [0.4, 0.5) is 5.82 Å². The van der Waals surface area contributed by atoms with Gasteiger partial charge in [0.1, 0.15) is 23.6 Å². The van der Waals surface area contributed by atoms with Crippen molar-refractivity contribution in [3.05, 3.63) is 60.0 Å². The van der Waals surface area contributed by atoms with Crippen molar-refractivity contribution in [1.82, 2.24) is 9.97 Å². The first-order valence-electron chi connectivity index (χ1n) is 8.42. The molecule has 0 bridgehead atoms. The lowest BCUT2D eigenvalue weighted by molar-refractivity contribution is 0.122. The number of benzene rings is 2. The Morgan fingerprint density at radius 1 is 1.12 bits per heavy atom. The smallest absolute Gasteiger partial charge is 0.132 e. The number of ether oxygens (including phenoxy) is 1. The average Bonchev–Trinajstić information content (AvgIpc) is 2.71. The molecule has 7 heteroatoms. The second-order valence-electron chi connectivity index (χ2n) is 6.02. The average molecular weight is 349 g/mol. The highest BCUT2D eigenvalue weighted by atomic mass is 16.5. The predicted molar refractivity (Wildman–Crippen MR) is 101 cm³/mol. The Morgan fingerprint density at radius 2 is 1.92 bits per heavy atom. The second kappa shape index (κ2) is 6.97. The molecule has 3 aromatic rings. The van der Waals surface area contributed by atoms with Gasteiger partial charge in [-0.2, -0.15) is 5.10 Å². The summed E-state index contributed by atoms with van der Waals surface area (Å²) in [4.78, 5) is 10.8. The molecule has 2 heterocycles. The maximum Gasteiger partial charge on any atom is 0.132 e. The summed E-state index contributed by atoms with van der Waals surface area (Å²) in [6.45, 7) is 2.87. The van der Waals surface area contributed by atoms with Gasteiger partial charge in [-0.25, -0.2) is 9.97 Å². The van der Waals surface area contributed by atoms with Gasteiger partial charge in [-0.1, -0.05) is 30.3 Å². The van der Waals surface area contributed by atoms with E-state index in [-0.39, 0.29) is 5.75 Å². The Kier molecular flexibility index (Phi) is 4.37. The quantitative estimate of drug-likeness (QED) is 0.426. The Morgan fingerprint density at radius 3 is 2.73 bits per heavy atom. The monoisotopic (exact) mass is 349 g/mol. The van der Waals surface area contributed by atoms with Crippen LogP contribution in [0.5, 0.6) is 5.75 Å². The van der Waals surface area contributed by atoms with Crippen LogP contribution >= 0.6 is 0 Å². The molecule has 0 spiro atoms. The van der Waals surface area contributed by atoms with E-state index in [0.717, 1.165) is 29.7 Å². The number of phenols is 1. The molecule has 2 aromatic carbocycles. The van der Waals surface area contributed by atoms with Crippen molar-refractivity contribution in [3.8, 4) is 5.75 Å². The summed E-state index contributed by atoms with van der Waals surface area (Å²) in [6, 6.07) is 13.1. The van der Waals surface area contributed by atoms with Crippen molar-refractivity contribution in [2.45, 2.75) is 0 Å². The molecule has 3 N–H and O–H groups in total. The van der Waals surface area contributed by atoms with E-state index in [1.54, 1.807) is 6.07 Å². The van der Waals surface area contributed by atoms with E-state index in [4.69, 9.17) is 10.6 Å². The topological polar surface area (TPSA) is 96.9 Å². The number of morpholine rings is 1. The first kappa shape index (κ1) is 16.3. The molecule has 0 amide bonds. The van der Waals surface area contributed by atoms with Crippen molar-refractivity contribution < 1.29 is 9.84 Å². The van der Waals surface area contributed by atoms with E-state index in [0.29, 0.717) is 30.2 Å². The number of fused-ring (bicyclic) bond motifs is 1. The zero-order valence-electron chi connectivity index (χ0n) is 14.2. The van der Waals surface area contributed by atoms with E-state index in [1.165, 1.54) is 6.33 Å². The van der Waals surface area contributed by atoms with Crippen molar-refractivity contribution in [2.24, 2.45) is 10.9 Å². The lowest BCUT2D eigenvalue weighted by Crippen LogP contribution is -2.36. The highest BCUT2D eigenvalue weighted by Gasteiger charge is 2.19. The van der Waals surface area contributed by atoms with Gasteiger partial charge in [0.15, 0.2) is 0 Å². The van der Waals surface area contributed by atoms with Crippen LogP contribution in [0.2, 0.25) is 0 Å². The highest BCUT2D eigenvalue weighted by Crippen LogP contribution is 2.29. The van der Waals surface area contributed by atoms with Crippen LogP contribution < -0.4 is 10.7 Å². The van der Waals surface area contributed by atoms with Crippen LogP contribution in [0.25, 0.3) is 10.8 Å². The minimum absolute atomic E-state index is 0.111. The van der Waals surface area contributed by atoms with Gasteiger partial charge >= 0.3 is 0 Å². The summed E-state index contributed by atoms with van der Waals surface area (Å²) in [5, 5.41) is 16.3. The SMILES string of the molecule is N/N=C(/c1cc(N2CCOCC2)ncn1)c1c(O)ccc2ccccc12. The van der Waals surface area contributed by atoms with Crippen LogP contribution in [-0.4, -0.2) is 47.1 Å². The highest BCUT2D eigenvalue weighted by molar-refractivity contribution is 6.20. The van der Waals surface area contributed by atoms with Crippen LogP contribution in [0.1, 0.15) is 11.3 Å². The molecule has 1 fully saturated rings. The van der Waals surface area contributed by atoms with E-state index in [1.807, 2.05) is 36.4 Å². The van der Waals surface area contributed by atoms with Crippen molar-refractivity contribution >= 4 is 22.3 Å². The summed E-state index contributed by atoms with van der Waals surface area (Å²) in [6.07, 6.45) is 1.49. The fourth-order valence-electron chi connectivity index (χ4n) is 3.21. The molecule has 7 nitrogen and oxygen atoms in total. The Balaban J connectivity index is 1.81. The summed E-state index contributed by atoms with van der Waals surface area (Å²) in [5.41, 5.74) is 1.56. The lowest BCUT2D eigenvalue weighted by Gasteiger charge is -2.27. The molecule has 1 saturated heterocycles. The molecule has 0 radical (unpaired) electrons. The minimum atomic E-state index is 0.111. The molecule has 26 heavy (non-hydrogen) atoms. The number of phenolic OH excluding ortho intramolecular Hbond substituents is 1. The Bertz CT molecular complexity index is 967. The second-order valence-corrected chi connectivity index (χ2v) is 6.02. The number of aromatic hydroxyl groups is 1. The predicted octanol–water partition coefficient (Wildman–Crippen LogP) is 1.88. The number of rotatable bonds is 3. The number of anilines is 1. The van der Waals surface area contributed by atoms with Gasteiger partial charge in [-0.3, -0.25) is 0 Å². The number of aromatic nitrogens is 2. The molecule has 4 rings (SSSR count). The first-order chi connectivity index (χ1) is 12.8. The van der Waals surface area contributed by atoms with Gasteiger partial charge in [0.2, 0.25) is 0 Å². The zero-order chi connectivity index (χ0) is 17.9. The third-order valence-electron chi connectivity index (χ3n) is 4.50. The number of nitrogens with zero attached hydrogens (tertiary/aromatic N) is 4. The number of hydrogen-bond donors (Lipinski definition) is 2. The maximum atomic E-state index is 10.5. The van der Waals surface area contributed by atoms with E-state index in [9.17, 15) is 5.11 Å². The standard InChI is InChI=1S/C19H19N5O2/c20-23-19(18-14-4-2-1-3-13(14)5-6-16(18)25)15-11-17(22-12-21-15)24-7-9-26-10-8-24/h1-6,11-12,25H,7-10,20H2/b23-19-. The molecule has 0 aliphatic carbocycles. The van der Waals surface area contributed by atoms with Crippen LogP contribution in [-0.2, 0) is 4.74 Å². The molecule has 0 saturated carbocycles. The van der Waals surface area contributed by atoms with Crippen molar-refractivity contribution in [1.29, 1.82) is 0 Å². The van der Waals surface area contributed by atoms with Gasteiger partial charge in [0.25, 0.3) is 0 Å². The maximum absolute atomic E-state index is 10.5. The fraction of sp³-hybridized carbons (Fsp3) is 0.211. The fourth-order valence-corrected chi connectivity index (χ4v) is 3.21. The van der Waals surface area contributed by atoms with E-state index >= 15 is 0 Å². The summed E-state index contributed by atoms with van der Waals surface area (Å²) >= 11 is 0. The van der Waals surface area contributed by atoms with Crippen molar-refractivity contribution in [3.63, 3.8) is 0 Å². The molecular formula is C19H19N5O2. The van der Waals surface area contributed by atoms with Gasteiger partial charge in [-0.05, 0) is 16.8 Å². The van der Waals surface area contributed by atoms with Gasteiger partial charge in [-0.15, -0.1) is 0 Å². The largest absolute Gasteiger partial charge is 0.507 e. The molecule has 1 aliphatic rings. The molecule has 1 aliphatic heterocycles. The third-order valence-corrected chi connectivity index (χ3v) is 4.50. The van der Waals surface area contributed by atoms with E-state index < -0.39 is 0 Å². The summed E-state index contributed by atoms with van der Waals surface area (Å²) in [5.74, 6) is 6.61.